The molecular weight excluding hydrogens is 262 g/mol. The van der Waals surface area contributed by atoms with Crippen LogP contribution in [0, 0.1) is 17.3 Å². The molecule has 2 fully saturated rings. The van der Waals surface area contributed by atoms with Crippen LogP contribution in [0.1, 0.15) is 59.3 Å². The van der Waals surface area contributed by atoms with Crippen LogP contribution in [-0.4, -0.2) is 39.0 Å². The summed E-state index contributed by atoms with van der Waals surface area (Å²) in [6.07, 6.45) is 7.79. The van der Waals surface area contributed by atoms with Crippen LogP contribution in [0.4, 0.5) is 0 Å². The number of nitrogens with one attached hydrogen (secondary N) is 1. The highest BCUT2D eigenvalue weighted by Gasteiger charge is 2.37. The monoisotopic (exact) mass is 297 g/mol. The van der Waals surface area contributed by atoms with E-state index in [-0.39, 0.29) is 0 Å². The average molecular weight is 297 g/mol. The zero-order valence-corrected chi connectivity index (χ0v) is 14.5. The van der Waals surface area contributed by atoms with Gasteiger partial charge in [0.15, 0.2) is 0 Å². The second kappa shape index (κ2) is 7.94. The maximum absolute atomic E-state index is 6.38. The van der Waals surface area contributed by atoms with Crippen LogP contribution in [0.15, 0.2) is 0 Å². The summed E-state index contributed by atoms with van der Waals surface area (Å²) in [7, 11) is 2.08. The van der Waals surface area contributed by atoms with E-state index in [0.717, 1.165) is 25.7 Å². The Bertz CT molecular complexity index is 300. The van der Waals surface area contributed by atoms with Crippen molar-refractivity contribution < 1.29 is 9.47 Å². The summed E-state index contributed by atoms with van der Waals surface area (Å²) in [6, 6.07) is 0.536. The van der Waals surface area contributed by atoms with Gasteiger partial charge in [-0.2, -0.15) is 0 Å². The predicted molar refractivity (Wildman–Crippen MR) is 87.5 cm³/mol. The van der Waals surface area contributed by atoms with Gasteiger partial charge in [-0.05, 0) is 56.4 Å². The van der Waals surface area contributed by atoms with Gasteiger partial charge in [0.25, 0.3) is 0 Å². The van der Waals surface area contributed by atoms with E-state index in [9.17, 15) is 0 Å². The van der Waals surface area contributed by atoms with Gasteiger partial charge in [0.2, 0.25) is 0 Å². The minimum absolute atomic E-state index is 0.391. The molecule has 0 aromatic rings. The Morgan fingerprint density at radius 3 is 2.48 bits per heavy atom. The van der Waals surface area contributed by atoms with Crippen LogP contribution >= 0.6 is 0 Å². The summed E-state index contributed by atoms with van der Waals surface area (Å²) < 4.78 is 11.8. The van der Waals surface area contributed by atoms with Gasteiger partial charge in [-0.15, -0.1) is 0 Å². The van der Waals surface area contributed by atoms with Crippen molar-refractivity contribution in [2.75, 3.05) is 26.9 Å². The first-order chi connectivity index (χ1) is 10.1. The van der Waals surface area contributed by atoms with Gasteiger partial charge in [-0.1, -0.05) is 27.2 Å². The first-order valence-corrected chi connectivity index (χ1v) is 8.93. The largest absolute Gasteiger partial charge is 0.381 e. The van der Waals surface area contributed by atoms with E-state index in [4.69, 9.17) is 9.47 Å². The zero-order valence-electron chi connectivity index (χ0n) is 14.5. The van der Waals surface area contributed by atoms with Crippen molar-refractivity contribution >= 4 is 0 Å². The minimum Gasteiger partial charge on any atom is -0.381 e. The quantitative estimate of drug-likeness (QED) is 0.812. The first-order valence-electron chi connectivity index (χ1n) is 8.93. The Labute approximate surface area is 131 Å². The Kier molecular flexibility index (Phi) is 6.51. The highest BCUT2D eigenvalue weighted by atomic mass is 16.5. The fourth-order valence-electron chi connectivity index (χ4n) is 3.81. The zero-order chi connectivity index (χ0) is 15.3. The van der Waals surface area contributed by atoms with Crippen molar-refractivity contribution in [1.82, 2.24) is 5.32 Å². The molecule has 1 heterocycles. The molecule has 0 aromatic heterocycles. The van der Waals surface area contributed by atoms with Crippen molar-refractivity contribution in [2.24, 2.45) is 17.3 Å². The molecule has 1 saturated carbocycles. The van der Waals surface area contributed by atoms with Gasteiger partial charge < -0.3 is 14.8 Å². The van der Waals surface area contributed by atoms with Crippen molar-refractivity contribution in [3.63, 3.8) is 0 Å². The lowest BCUT2D eigenvalue weighted by Gasteiger charge is -2.43. The number of hydrogen-bond acceptors (Lipinski definition) is 3. The summed E-state index contributed by atoms with van der Waals surface area (Å²) in [5.74, 6) is 1.50. The topological polar surface area (TPSA) is 30.5 Å². The molecule has 3 atom stereocenters. The number of rotatable bonds is 6. The fraction of sp³-hybridized carbons (Fsp3) is 1.00. The molecule has 124 valence electrons. The molecule has 0 aromatic carbocycles. The molecule has 1 aliphatic heterocycles. The summed E-state index contributed by atoms with van der Waals surface area (Å²) in [5.41, 5.74) is 0.443. The van der Waals surface area contributed by atoms with Crippen molar-refractivity contribution in [3.8, 4) is 0 Å². The molecule has 1 aliphatic carbocycles. The number of hydrogen-bond donors (Lipinski definition) is 1. The summed E-state index contributed by atoms with van der Waals surface area (Å²) in [5, 5.41) is 3.48. The summed E-state index contributed by atoms with van der Waals surface area (Å²) >= 11 is 0. The second-order valence-corrected chi connectivity index (χ2v) is 7.67. The lowest BCUT2D eigenvalue weighted by Crippen LogP contribution is -2.47. The third kappa shape index (κ3) is 4.67. The SMILES string of the molecule is CCC(C)(C)C1CCC(NC)C(OCC2CCOCC2)C1. The molecule has 1 saturated heterocycles. The van der Waals surface area contributed by atoms with Crippen LogP contribution < -0.4 is 5.32 Å². The van der Waals surface area contributed by atoms with Crippen LogP contribution in [0.2, 0.25) is 0 Å². The van der Waals surface area contributed by atoms with E-state index in [2.05, 4.69) is 33.1 Å². The maximum Gasteiger partial charge on any atom is 0.0730 e. The van der Waals surface area contributed by atoms with E-state index >= 15 is 0 Å². The van der Waals surface area contributed by atoms with E-state index in [1.165, 1.54) is 38.5 Å². The van der Waals surface area contributed by atoms with Crippen LogP contribution in [0.3, 0.4) is 0 Å². The molecule has 3 unspecified atom stereocenters. The highest BCUT2D eigenvalue weighted by molar-refractivity contribution is 4.90. The number of likely N-dealkylation sites (N-methyl/N-ethyl adjacent to an activating group) is 1. The first kappa shape index (κ1) is 17.2. The van der Waals surface area contributed by atoms with Gasteiger partial charge in [-0.3, -0.25) is 0 Å². The standard InChI is InChI=1S/C18H35NO2/c1-5-18(2,3)15-6-7-16(19-4)17(12-15)21-13-14-8-10-20-11-9-14/h14-17,19H,5-13H2,1-4H3. The van der Waals surface area contributed by atoms with Gasteiger partial charge in [0.1, 0.15) is 0 Å². The van der Waals surface area contributed by atoms with Crippen LogP contribution in [0.5, 0.6) is 0 Å². The lowest BCUT2D eigenvalue weighted by atomic mass is 9.68. The Morgan fingerprint density at radius 2 is 1.86 bits per heavy atom. The Hall–Kier alpha value is -0.120. The van der Waals surface area contributed by atoms with Gasteiger partial charge in [0.05, 0.1) is 12.7 Å². The fourth-order valence-corrected chi connectivity index (χ4v) is 3.81. The molecule has 0 radical (unpaired) electrons. The summed E-state index contributed by atoms with van der Waals surface area (Å²) in [6.45, 7) is 9.92. The second-order valence-electron chi connectivity index (χ2n) is 7.67. The van der Waals surface area contributed by atoms with Crippen molar-refractivity contribution in [2.45, 2.75) is 71.4 Å². The normalized spacial score (nSPS) is 32.3. The van der Waals surface area contributed by atoms with Gasteiger partial charge in [-0.25, -0.2) is 0 Å². The molecule has 3 heteroatoms. The van der Waals surface area contributed by atoms with Crippen LogP contribution in [0.25, 0.3) is 0 Å². The molecule has 0 bridgehead atoms. The van der Waals surface area contributed by atoms with E-state index in [0.29, 0.717) is 23.5 Å². The highest BCUT2D eigenvalue weighted by Crippen LogP contribution is 2.41. The predicted octanol–water partition coefficient (Wildman–Crippen LogP) is 3.62. The van der Waals surface area contributed by atoms with Gasteiger partial charge >= 0.3 is 0 Å². The minimum atomic E-state index is 0.391. The van der Waals surface area contributed by atoms with Crippen molar-refractivity contribution in [1.29, 1.82) is 0 Å². The number of ether oxygens (including phenoxy) is 2. The Morgan fingerprint density at radius 1 is 1.14 bits per heavy atom. The molecule has 0 amide bonds. The molecule has 2 rings (SSSR count). The third-order valence-electron chi connectivity index (χ3n) is 6.07. The average Bonchev–Trinajstić information content (AvgIpc) is 2.53. The van der Waals surface area contributed by atoms with E-state index in [1.54, 1.807) is 0 Å². The van der Waals surface area contributed by atoms with E-state index in [1.807, 2.05) is 0 Å². The molecule has 2 aliphatic rings. The van der Waals surface area contributed by atoms with E-state index < -0.39 is 0 Å². The summed E-state index contributed by atoms with van der Waals surface area (Å²) in [4.78, 5) is 0. The van der Waals surface area contributed by atoms with Gasteiger partial charge in [0, 0.05) is 19.3 Å². The van der Waals surface area contributed by atoms with Crippen molar-refractivity contribution in [3.05, 3.63) is 0 Å². The lowest BCUT2D eigenvalue weighted by molar-refractivity contribution is -0.0567. The molecule has 21 heavy (non-hydrogen) atoms. The molecule has 0 spiro atoms. The Balaban J connectivity index is 1.87. The molecular formula is C18H35NO2. The third-order valence-corrected chi connectivity index (χ3v) is 6.07. The smallest absolute Gasteiger partial charge is 0.0730 e. The molecule has 3 nitrogen and oxygen atoms in total. The maximum atomic E-state index is 6.38. The van der Waals surface area contributed by atoms with Crippen LogP contribution in [-0.2, 0) is 9.47 Å². The molecule has 1 N–H and O–H groups in total.